The Balaban J connectivity index is 3.29. The molecule has 0 saturated heterocycles. The van der Waals surface area contributed by atoms with Gasteiger partial charge in [0.2, 0.25) is 0 Å². The highest BCUT2D eigenvalue weighted by molar-refractivity contribution is 9.09. The van der Waals surface area contributed by atoms with Crippen LogP contribution in [0.2, 0.25) is 0 Å². The number of carbonyl (C=O) groups excluding carboxylic acids is 1. The third-order valence-electron chi connectivity index (χ3n) is 3.82. The molecule has 17 heavy (non-hydrogen) atoms. The third-order valence-corrected chi connectivity index (χ3v) is 4.38. The number of hydrogen-bond donors (Lipinski definition) is 0. The van der Waals surface area contributed by atoms with Crippen LogP contribution in [0, 0.1) is 34.6 Å². The van der Waals surface area contributed by atoms with Crippen molar-refractivity contribution < 1.29 is 4.79 Å². The lowest BCUT2D eigenvalue weighted by Crippen LogP contribution is -2.09. The first-order chi connectivity index (χ1) is 7.91. The molecule has 1 nitrogen and oxygen atoms in total. The molecule has 1 aromatic rings. The SMILES string of the molecule is Cc1c(C)c(C)c(C(=O)CCCBr)c(C)c1C. The molecule has 0 fully saturated rings. The lowest BCUT2D eigenvalue weighted by Gasteiger charge is -2.17. The van der Waals surface area contributed by atoms with Gasteiger partial charge >= 0.3 is 0 Å². The predicted molar refractivity (Wildman–Crippen MR) is 77.5 cm³/mol. The summed E-state index contributed by atoms with van der Waals surface area (Å²) >= 11 is 3.38. The molecule has 0 N–H and O–H groups in total. The second-order valence-corrected chi connectivity index (χ2v) is 5.51. The maximum atomic E-state index is 12.2. The minimum Gasteiger partial charge on any atom is -0.294 e. The Kier molecular flexibility index (Phi) is 4.93. The van der Waals surface area contributed by atoms with Crippen LogP contribution < -0.4 is 0 Å². The topological polar surface area (TPSA) is 17.1 Å². The van der Waals surface area contributed by atoms with Crippen molar-refractivity contribution in [1.29, 1.82) is 0 Å². The first-order valence-corrected chi connectivity index (χ1v) is 7.20. The highest BCUT2D eigenvalue weighted by atomic mass is 79.9. The molecular weight excluding hydrogens is 276 g/mol. The number of halogens is 1. The monoisotopic (exact) mass is 296 g/mol. The van der Waals surface area contributed by atoms with E-state index in [0.717, 1.165) is 28.4 Å². The predicted octanol–water partition coefficient (Wildman–Crippen LogP) is 4.59. The van der Waals surface area contributed by atoms with Crippen LogP contribution in [0.1, 0.15) is 51.0 Å². The van der Waals surface area contributed by atoms with E-state index in [1.165, 1.54) is 16.7 Å². The zero-order valence-electron chi connectivity index (χ0n) is 11.4. The van der Waals surface area contributed by atoms with E-state index >= 15 is 0 Å². The molecule has 0 unspecified atom stereocenters. The fourth-order valence-corrected chi connectivity index (χ4v) is 2.55. The summed E-state index contributed by atoms with van der Waals surface area (Å²) in [6.07, 6.45) is 1.54. The Morgan fingerprint density at radius 2 is 1.29 bits per heavy atom. The van der Waals surface area contributed by atoms with Gasteiger partial charge in [0.05, 0.1) is 0 Å². The van der Waals surface area contributed by atoms with Gasteiger partial charge in [0.1, 0.15) is 0 Å². The Hall–Kier alpha value is -0.630. The largest absolute Gasteiger partial charge is 0.294 e. The molecule has 0 aliphatic heterocycles. The third kappa shape index (κ3) is 2.79. The molecule has 0 aliphatic rings. The van der Waals surface area contributed by atoms with Crippen molar-refractivity contribution in [2.75, 3.05) is 5.33 Å². The molecule has 0 heterocycles. The zero-order chi connectivity index (χ0) is 13.2. The van der Waals surface area contributed by atoms with Gasteiger partial charge in [0.25, 0.3) is 0 Å². The van der Waals surface area contributed by atoms with Gasteiger partial charge < -0.3 is 0 Å². The van der Waals surface area contributed by atoms with E-state index < -0.39 is 0 Å². The molecule has 0 amide bonds. The van der Waals surface area contributed by atoms with Crippen LogP contribution >= 0.6 is 15.9 Å². The minimum absolute atomic E-state index is 0.283. The molecule has 0 aromatic heterocycles. The first kappa shape index (κ1) is 14.4. The summed E-state index contributed by atoms with van der Waals surface area (Å²) in [5.74, 6) is 0.283. The van der Waals surface area contributed by atoms with E-state index in [9.17, 15) is 4.79 Å². The van der Waals surface area contributed by atoms with Crippen molar-refractivity contribution in [3.8, 4) is 0 Å². The number of Topliss-reactive ketones (excluding diaryl/α,β-unsaturated/α-hetero) is 1. The lowest BCUT2D eigenvalue weighted by molar-refractivity contribution is 0.0981. The maximum absolute atomic E-state index is 12.2. The van der Waals surface area contributed by atoms with E-state index in [1.54, 1.807) is 0 Å². The molecule has 94 valence electrons. The zero-order valence-corrected chi connectivity index (χ0v) is 13.0. The number of rotatable bonds is 4. The summed E-state index contributed by atoms with van der Waals surface area (Å²) in [5.41, 5.74) is 7.10. The summed E-state index contributed by atoms with van der Waals surface area (Å²) in [6.45, 7) is 10.5. The lowest BCUT2D eigenvalue weighted by atomic mass is 9.87. The van der Waals surface area contributed by atoms with Crippen molar-refractivity contribution >= 4 is 21.7 Å². The van der Waals surface area contributed by atoms with E-state index in [4.69, 9.17) is 0 Å². The van der Waals surface area contributed by atoms with Gasteiger partial charge in [-0.25, -0.2) is 0 Å². The Bertz CT molecular complexity index is 418. The second-order valence-electron chi connectivity index (χ2n) is 4.72. The highest BCUT2D eigenvalue weighted by Gasteiger charge is 2.17. The molecule has 0 spiro atoms. The summed E-state index contributed by atoms with van der Waals surface area (Å²) < 4.78 is 0. The molecule has 0 atom stereocenters. The van der Waals surface area contributed by atoms with Crippen LogP contribution in [0.25, 0.3) is 0 Å². The molecule has 1 aromatic carbocycles. The number of hydrogen-bond acceptors (Lipinski definition) is 1. The van der Waals surface area contributed by atoms with Gasteiger partial charge in [-0.05, 0) is 68.9 Å². The number of ketones is 1. The van der Waals surface area contributed by atoms with E-state index in [-0.39, 0.29) is 5.78 Å². The van der Waals surface area contributed by atoms with Crippen LogP contribution in [-0.2, 0) is 0 Å². The molecular formula is C15H21BrO. The van der Waals surface area contributed by atoms with Gasteiger partial charge in [-0.1, -0.05) is 15.9 Å². The van der Waals surface area contributed by atoms with Crippen molar-refractivity contribution in [2.24, 2.45) is 0 Å². The molecule has 1 rings (SSSR count). The Morgan fingerprint density at radius 1 is 0.882 bits per heavy atom. The van der Waals surface area contributed by atoms with E-state index in [0.29, 0.717) is 6.42 Å². The van der Waals surface area contributed by atoms with Crippen LogP contribution in [-0.4, -0.2) is 11.1 Å². The van der Waals surface area contributed by atoms with E-state index in [2.05, 4.69) is 50.5 Å². The van der Waals surface area contributed by atoms with Gasteiger partial charge in [-0.2, -0.15) is 0 Å². The number of carbonyl (C=O) groups is 1. The average Bonchev–Trinajstić information content (AvgIpc) is 2.31. The fraction of sp³-hybridized carbons (Fsp3) is 0.533. The van der Waals surface area contributed by atoms with Gasteiger partial charge in [0, 0.05) is 17.3 Å². The Morgan fingerprint density at radius 3 is 1.71 bits per heavy atom. The fourth-order valence-electron chi connectivity index (χ4n) is 2.27. The van der Waals surface area contributed by atoms with Crippen molar-refractivity contribution in [2.45, 2.75) is 47.5 Å². The number of benzene rings is 1. The van der Waals surface area contributed by atoms with Crippen LogP contribution in [0.15, 0.2) is 0 Å². The quantitative estimate of drug-likeness (QED) is 0.587. The molecule has 0 bridgehead atoms. The first-order valence-electron chi connectivity index (χ1n) is 6.07. The van der Waals surface area contributed by atoms with Crippen LogP contribution in [0.5, 0.6) is 0 Å². The van der Waals surface area contributed by atoms with Gasteiger partial charge in [0.15, 0.2) is 5.78 Å². The molecule has 0 radical (unpaired) electrons. The summed E-state index contributed by atoms with van der Waals surface area (Å²) in [5, 5.41) is 0.890. The standard InChI is InChI=1S/C15H21BrO/c1-9-10(2)12(4)15(13(5)11(9)3)14(17)7-6-8-16/h6-8H2,1-5H3. The van der Waals surface area contributed by atoms with Crippen LogP contribution in [0.3, 0.4) is 0 Å². The highest BCUT2D eigenvalue weighted by Crippen LogP contribution is 2.27. The Labute approximate surface area is 113 Å². The number of alkyl halides is 1. The maximum Gasteiger partial charge on any atom is 0.163 e. The average molecular weight is 297 g/mol. The van der Waals surface area contributed by atoms with Gasteiger partial charge in [-0.3, -0.25) is 4.79 Å². The van der Waals surface area contributed by atoms with Crippen molar-refractivity contribution in [3.05, 3.63) is 33.4 Å². The van der Waals surface area contributed by atoms with Crippen LogP contribution in [0.4, 0.5) is 0 Å². The second kappa shape index (κ2) is 5.81. The molecule has 0 aliphatic carbocycles. The van der Waals surface area contributed by atoms with Gasteiger partial charge in [-0.15, -0.1) is 0 Å². The smallest absolute Gasteiger partial charge is 0.163 e. The van der Waals surface area contributed by atoms with Crippen molar-refractivity contribution in [1.82, 2.24) is 0 Å². The molecule has 0 saturated carbocycles. The minimum atomic E-state index is 0.283. The van der Waals surface area contributed by atoms with E-state index in [1.807, 2.05) is 0 Å². The normalized spacial score (nSPS) is 10.7. The molecule has 2 heteroatoms. The summed E-state index contributed by atoms with van der Waals surface area (Å²) in [4.78, 5) is 12.2. The summed E-state index contributed by atoms with van der Waals surface area (Å²) in [7, 11) is 0. The van der Waals surface area contributed by atoms with Crippen molar-refractivity contribution in [3.63, 3.8) is 0 Å². The summed E-state index contributed by atoms with van der Waals surface area (Å²) in [6, 6.07) is 0.